The minimum absolute atomic E-state index is 0.0131. The number of phenolic OH excluding ortho intramolecular Hbond substituents is 1. The highest BCUT2D eigenvalue weighted by Crippen LogP contribution is 2.51. The van der Waals surface area contributed by atoms with E-state index >= 15 is 0 Å². The predicted molar refractivity (Wildman–Crippen MR) is 132 cm³/mol. The Morgan fingerprint density at radius 1 is 0.892 bits per heavy atom. The van der Waals surface area contributed by atoms with Gasteiger partial charge in [0.1, 0.15) is 11.5 Å². The third kappa shape index (κ3) is 3.98. The Hall–Kier alpha value is -4.66. The molecule has 0 bridgehead atoms. The third-order valence-corrected chi connectivity index (χ3v) is 6.40. The first kappa shape index (κ1) is 24.1. The number of allylic oxidation sites excluding steroid dienone is 1. The number of aromatic hydroxyl groups is 1. The van der Waals surface area contributed by atoms with Crippen molar-refractivity contribution in [1.29, 1.82) is 0 Å². The quantitative estimate of drug-likeness (QED) is 0.295. The Morgan fingerprint density at radius 3 is 2.24 bits per heavy atom. The SMILES string of the molecule is COc1cc([C@@H]2CC(=O)Oc3ccc4c(c32)O/C(=C\c2cccc(OC)c2OC)C4=O)cc(OC)c1O. The molecule has 2 aliphatic heterocycles. The molecule has 2 heterocycles. The topological polar surface area (TPSA) is 110 Å². The Morgan fingerprint density at radius 2 is 1.59 bits per heavy atom. The molecule has 9 heteroatoms. The molecule has 0 saturated heterocycles. The van der Waals surface area contributed by atoms with E-state index in [4.69, 9.17) is 28.4 Å². The first-order chi connectivity index (χ1) is 17.9. The number of phenols is 1. The van der Waals surface area contributed by atoms with Crippen LogP contribution in [0.15, 0.2) is 48.2 Å². The number of carbonyl (C=O) groups excluding carboxylic acids is 2. The fraction of sp³-hybridized carbons (Fsp3) is 0.214. The second-order valence-corrected chi connectivity index (χ2v) is 8.38. The van der Waals surface area contributed by atoms with Crippen LogP contribution < -0.4 is 28.4 Å². The number of benzene rings is 3. The summed E-state index contributed by atoms with van der Waals surface area (Å²) in [6.45, 7) is 0. The van der Waals surface area contributed by atoms with Crippen LogP contribution in [-0.4, -0.2) is 45.3 Å². The number of carbonyl (C=O) groups is 2. The summed E-state index contributed by atoms with van der Waals surface area (Å²) >= 11 is 0. The van der Waals surface area contributed by atoms with Crippen LogP contribution in [-0.2, 0) is 4.79 Å². The summed E-state index contributed by atoms with van der Waals surface area (Å²) < 4.78 is 33.1. The summed E-state index contributed by atoms with van der Waals surface area (Å²) in [4.78, 5) is 25.9. The lowest BCUT2D eigenvalue weighted by Crippen LogP contribution is -2.21. The van der Waals surface area contributed by atoms with Gasteiger partial charge in [-0.05, 0) is 42.0 Å². The van der Waals surface area contributed by atoms with E-state index in [1.54, 1.807) is 48.5 Å². The number of hydrogen-bond donors (Lipinski definition) is 1. The Balaban J connectivity index is 1.63. The molecule has 0 spiro atoms. The molecule has 0 radical (unpaired) electrons. The van der Waals surface area contributed by atoms with Crippen molar-refractivity contribution in [1.82, 2.24) is 0 Å². The van der Waals surface area contributed by atoms with Crippen molar-refractivity contribution in [3.05, 3.63) is 70.5 Å². The van der Waals surface area contributed by atoms with Crippen molar-refractivity contribution in [3.63, 3.8) is 0 Å². The summed E-state index contributed by atoms with van der Waals surface area (Å²) in [6.07, 6.45) is 1.58. The number of fused-ring (bicyclic) bond motifs is 3. The summed E-state index contributed by atoms with van der Waals surface area (Å²) in [6, 6.07) is 11.7. The Bertz CT molecular complexity index is 1430. The maximum atomic E-state index is 13.3. The van der Waals surface area contributed by atoms with Crippen molar-refractivity contribution in [2.45, 2.75) is 12.3 Å². The molecule has 37 heavy (non-hydrogen) atoms. The predicted octanol–water partition coefficient (Wildman–Crippen LogP) is 4.48. The summed E-state index contributed by atoms with van der Waals surface area (Å²) in [7, 11) is 5.89. The zero-order valence-electron chi connectivity index (χ0n) is 20.6. The molecule has 0 aromatic heterocycles. The van der Waals surface area contributed by atoms with Gasteiger partial charge in [-0.2, -0.15) is 0 Å². The van der Waals surface area contributed by atoms with Crippen LogP contribution in [0, 0.1) is 0 Å². The van der Waals surface area contributed by atoms with Crippen molar-refractivity contribution in [2.75, 3.05) is 28.4 Å². The fourth-order valence-corrected chi connectivity index (χ4v) is 4.67. The number of rotatable bonds is 6. The van der Waals surface area contributed by atoms with E-state index < -0.39 is 11.9 Å². The molecule has 1 atom stereocenters. The van der Waals surface area contributed by atoms with Gasteiger partial charge in [0.05, 0.1) is 40.4 Å². The van der Waals surface area contributed by atoms with Crippen LogP contribution in [0.4, 0.5) is 0 Å². The normalized spacial score (nSPS) is 17.0. The molecular formula is C28H24O9. The molecule has 0 fully saturated rings. The Kier molecular flexibility index (Phi) is 6.12. The number of ether oxygens (including phenoxy) is 6. The molecule has 0 aliphatic carbocycles. The van der Waals surface area contributed by atoms with Crippen LogP contribution in [0.2, 0.25) is 0 Å². The van der Waals surface area contributed by atoms with Crippen LogP contribution in [0.5, 0.6) is 40.2 Å². The van der Waals surface area contributed by atoms with E-state index in [9.17, 15) is 14.7 Å². The average Bonchev–Trinajstić information content (AvgIpc) is 3.22. The average molecular weight is 504 g/mol. The number of ketones is 1. The van der Waals surface area contributed by atoms with Crippen molar-refractivity contribution in [3.8, 4) is 40.2 Å². The van der Waals surface area contributed by atoms with E-state index in [0.717, 1.165) is 0 Å². The van der Waals surface area contributed by atoms with E-state index in [1.807, 2.05) is 0 Å². The zero-order valence-corrected chi connectivity index (χ0v) is 20.6. The maximum absolute atomic E-state index is 13.3. The zero-order chi connectivity index (χ0) is 26.3. The minimum atomic E-state index is -0.548. The van der Waals surface area contributed by atoms with Gasteiger partial charge in [0.2, 0.25) is 11.5 Å². The Labute approximate surface area is 212 Å². The van der Waals surface area contributed by atoms with Gasteiger partial charge in [-0.25, -0.2) is 0 Å². The molecule has 9 nitrogen and oxygen atoms in total. The lowest BCUT2D eigenvalue weighted by atomic mass is 9.84. The molecule has 0 amide bonds. The van der Waals surface area contributed by atoms with Gasteiger partial charge in [-0.3, -0.25) is 9.59 Å². The van der Waals surface area contributed by atoms with E-state index in [0.29, 0.717) is 45.3 Å². The second kappa shape index (κ2) is 9.42. The first-order valence-electron chi connectivity index (χ1n) is 11.4. The van der Waals surface area contributed by atoms with Gasteiger partial charge in [-0.15, -0.1) is 0 Å². The van der Waals surface area contributed by atoms with Crippen molar-refractivity contribution < 1.29 is 43.1 Å². The van der Waals surface area contributed by atoms with Crippen molar-refractivity contribution >= 4 is 17.8 Å². The number of esters is 1. The number of para-hydroxylation sites is 1. The number of Topliss-reactive ketones (excluding diaryl/α,β-unsaturated/α-hetero) is 1. The molecule has 190 valence electrons. The minimum Gasteiger partial charge on any atom is -0.502 e. The fourth-order valence-electron chi connectivity index (χ4n) is 4.67. The van der Waals surface area contributed by atoms with Crippen LogP contribution in [0.1, 0.15) is 39.4 Å². The smallest absolute Gasteiger partial charge is 0.312 e. The maximum Gasteiger partial charge on any atom is 0.312 e. The third-order valence-electron chi connectivity index (χ3n) is 6.40. The number of hydrogen-bond acceptors (Lipinski definition) is 9. The molecule has 3 aromatic rings. The standard InChI is InChI=1S/C28H24O9/c1-32-19-7-5-6-14(27(19)35-4)10-22-25(30)16-8-9-18-24(28(16)37-22)17(13-23(29)36-18)15-11-20(33-2)26(31)21(12-15)34-3/h5-12,17,31H,13H2,1-4H3/b22-10-/t17-/m0/s1. The highest BCUT2D eigenvalue weighted by Gasteiger charge is 2.39. The van der Waals surface area contributed by atoms with E-state index in [2.05, 4.69) is 0 Å². The van der Waals surface area contributed by atoms with Crippen LogP contribution in [0.3, 0.4) is 0 Å². The molecule has 0 saturated carbocycles. The van der Waals surface area contributed by atoms with Gasteiger partial charge in [0, 0.05) is 17.0 Å². The molecule has 5 rings (SSSR count). The molecule has 3 aromatic carbocycles. The summed E-state index contributed by atoms with van der Waals surface area (Å²) in [5.74, 6) is 0.563. The highest BCUT2D eigenvalue weighted by atomic mass is 16.5. The lowest BCUT2D eigenvalue weighted by Gasteiger charge is -2.27. The van der Waals surface area contributed by atoms with E-state index in [1.165, 1.54) is 28.4 Å². The van der Waals surface area contributed by atoms with Gasteiger partial charge in [0.25, 0.3) is 0 Å². The van der Waals surface area contributed by atoms with E-state index in [-0.39, 0.29) is 35.2 Å². The van der Waals surface area contributed by atoms with Gasteiger partial charge < -0.3 is 33.5 Å². The molecule has 2 aliphatic rings. The van der Waals surface area contributed by atoms with Gasteiger partial charge in [-0.1, -0.05) is 12.1 Å². The lowest BCUT2D eigenvalue weighted by molar-refractivity contribution is -0.135. The monoisotopic (exact) mass is 504 g/mol. The molecule has 0 unspecified atom stereocenters. The number of methoxy groups -OCH3 is 4. The van der Waals surface area contributed by atoms with Crippen molar-refractivity contribution in [2.24, 2.45) is 0 Å². The second-order valence-electron chi connectivity index (χ2n) is 8.38. The van der Waals surface area contributed by atoms with Gasteiger partial charge >= 0.3 is 5.97 Å². The summed E-state index contributed by atoms with van der Waals surface area (Å²) in [5, 5.41) is 10.4. The summed E-state index contributed by atoms with van der Waals surface area (Å²) in [5.41, 5.74) is 2.11. The largest absolute Gasteiger partial charge is 0.502 e. The van der Waals surface area contributed by atoms with Crippen LogP contribution >= 0.6 is 0 Å². The molecule has 1 N–H and O–H groups in total. The molecular weight excluding hydrogens is 480 g/mol. The van der Waals surface area contributed by atoms with Crippen LogP contribution in [0.25, 0.3) is 6.08 Å². The van der Waals surface area contributed by atoms with Gasteiger partial charge in [0.15, 0.2) is 28.8 Å². The first-order valence-corrected chi connectivity index (χ1v) is 11.4. The highest BCUT2D eigenvalue weighted by molar-refractivity contribution is 6.15.